The van der Waals surface area contributed by atoms with Gasteiger partial charge in [0.15, 0.2) is 16.7 Å². The van der Waals surface area contributed by atoms with E-state index >= 15 is 0 Å². The Balaban J connectivity index is 0.000000103. The summed E-state index contributed by atoms with van der Waals surface area (Å²) in [7, 11) is 0. The van der Waals surface area contributed by atoms with Crippen molar-refractivity contribution < 1.29 is 13.3 Å². The number of rotatable bonds is 9. The van der Waals surface area contributed by atoms with E-state index in [1.165, 1.54) is 186 Å². The molecule has 139 heavy (non-hydrogen) atoms. The molecule has 0 aliphatic heterocycles. The van der Waals surface area contributed by atoms with Crippen LogP contribution >= 0.6 is 0 Å². The topological polar surface area (TPSA) is 78.1 Å². The Hall–Kier alpha value is -18.5. The van der Waals surface area contributed by atoms with E-state index in [1.54, 1.807) is 0 Å². The van der Waals surface area contributed by atoms with Crippen molar-refractivity contribution in [2.24, 2.45) is 0 Å². The molecule has 3 heterocycles. The van der Waals surface area contributed by atoms with Crippen LogP contribution in [0.2, 0.25) is 0 Å². The molecule has 0 unspecified atom stereocenters. The van der Waals surface area contributed by atoms with Crippen molar-refractivity contribution >= 4 is 173 Å². The maximum absolute atomic E-state index is 6.49. The molecule has 3 aromatic heterocycles. The van der Waals surface area contributed by atoms with Crippen LogP contribution in [-0.2, 0) is 0 Å². The molecular formula is C133H79N3O3. The molecular weight excluding hydrogens is 1690 g/mol. The Morgan fingerprint density at radius 1 is 0.122 bits per heavy atom. The number of benzene rings is 26. The van der Waals surface area contributed by atoms with Gasteiger partial charge >= 0.3 is 0 Å². The van der Waals surface area contributed by atoms with E-state index < -0.39 is 0 Å². The first-order valence-electron chi connectivity index (χ1n) is 47.5. The van der Waals surface area contributed by atoms with Gasteiger partial charge in [-0.1, -0.05) is 376 Å². The van der Waals surface area contributed by atoms with Crippen molar-refractivity contribution in [3.63, 3.8) is 0 Å². The number of hydrogen-bond donors (Lipinski definition) is 0. The van der Waals surface area contributed by atoms with Gasteiger partial charge in [-0.3, -0.25) is 0 Å². The lowest BCUT2D eigenvalue weighted by Crippen LogP contribution is -1.87. The minimum absolute atomic E-state index is 0.643. The van der Waals surface area contributed by atoms with E-state index in [0.29, 0.717) is 17.7 Å². The Morgan fingerprint density at radius 3 is 0.914 bits per heavy atom. The fraction of sp³-hybridized carbons (Fsp3) is 0. The summed E-state index contributed by atoms with van der Waals surface area (Å²) in [5.41, 5.74) is 27.8. The van der Waals surface area contributed by atoms with Crippen LogP contribution in [0.4, 0.5) is 0 Å². The number of fused-ring (bicyclic) bond motifs is 28. The Kier molecular flexibility index (Phi) is 18.3. The summed E-state index contributed by atoms with van der Waals surface area (Å²) in [6.07, 6.45) is 0. The first kappa shape index (κ1) is 79.1. The highest BCUT2D eigenvalue weighted by atomic mass is 16.4. The molecule has 6 nitrogen and oxygen atoms in total. The van der Waals surface area contributed by atoms with Gasteiger partial charge in [0.25, 0.3) is 0 Å². The van der Waals surface area contributed by atoms with Crippen LogP contribution in [0.5, 0.6) is 0 Å². The highest BCUT2D eigenvalue weighted by molar-refractivity contribution is 6.27. The highest BCUT2D eigenvalue weighted by Crippen LogP contribution is 2.52. The molecule has 0 saturated carbocycles. The van der Waals surface area contributed by atoms with E-state index in [0.717, 1.165) is 93.1 Å². The summed E-state index contributed by atoms with van der Waals surface area (Å²) in [4.78, 5) is 14.6. The van der Waals surface area contributed by atoms with Gasteiger partial charge in [0, 0.05) is 32.8 Å². The van der Waals surface area contributed by atoms with Crippen molar-refractivity contribution in [2.45, 2.75) is 0 Å². The molecule has 644 valence electrons. The second-order valence-corrected chi connectivity index (χ2v) is 36.6. The maximum atomic E-state index is 6.49. The lowest BCUT2D eigenvalue weighted by Gasteiger charge is -2.14. The summed E-state index contributed by atoms with van der Waals surface area (Å²) in [6.45, 7) is 0. The van der Waals surface area contributed by atoms with Crippen molar-refractivity contribution in [3.8, 4) is 123 Å². The third kappa shape index (κ3) is 13.3. The molecule has 6 heteroatoms. The highest BCUT2D eigenvalue weighted by Gasteiger charge is 2.26. The van der Waals surface area contributed by atoms with Gasteiger partial charge in [0.05, 0.1) is 0 Å². The van der Waals surface area contributed by atoms with Crippen molar-refractivity contribution in [2.75, 3.05) is 0 Å². The molecule has 0 N–H and O–H groups in total. The van der Waals surface area contributed by atoms with Crippen molar-refractivity contribution in [3.05, 3.63) is 479 Å². The largest absolute Gasteiger partial charge is 0.435 e. The van der Waals surface area contributed by atoms with Crippen LogP contribution in [0.25, 0.3) is 297 Å². The van der Waals surface area contributed by atoms with Gasteiger partial charge in [-0.25, -0.2) is 15.0 Å². The molecule has 30 rings (SSSR count). The summed E-state index contributed by atoms with van der Waals surface area (Å²) < 4.78 is 19.5. The van der Waals surface area contributed by atoms with Crippen molar-refractivity contribution in [1.82, 2.24) is 15.0 Å². The van der Waals surface area contributed by atoms with Crippen LogP contribution < -0.4 is 0 Å². The lowest BCUT2D eigenvalue weighted by molar-refractivity contribution is 0.623. The average molecular weight is 1770 g/mol. The minimum atomic E-state index is 0.643. The summed E-state index contributed by atoms with van der Waals surface area (Å²) >= 11 is 0. The van der Waals surface area contributed by atoms with Gasteiger partial charge < -0.3 is 13.3 Å². The van der Waals surface area contributed by atoms with Crippen LogP contribution in [0.1, 0.15) is 0 Å². The number of nitrogens with zero attached hydrogens (tertiary/aromatic N) is 3. The molecule has 0 atom stereocenters. The van der Waals surface area contributed by atoms with Gasteiger partial charge in [0.1, 0.15) is 16.6 Å². The second kappa shape index (κ2) is 32.1. The number of hydrogen-bond acceptors (Lipinski definition) is 6. The fourth-order valence-corrected chi connectivity index (χ4v) is 22.1. The van der Waals surface area contributed by atoms with E-state index in [4.69, 9.17) is 28.2 Å². The molecule has 0 radical (unpaired) electrons. The van der Waals surface area contributed by atoms with Gasteiger partial charge in [-0.15, -0.1) is 0 Å². The molecule has 0 bridgehead atoms. The van der Waals surface area contributed by atoms with E-state index in [1.807, 2.05) is 91.0 Å². The summed E-state index contributed by atoms with van der Waals surface area (Å²) in [5.74, 6) is 1.93. The second-order valence-electron chi connectivity index (χ2n) is 36.6. The van der Waals surface area contributed by atoms with Crippen LogP contribution in [-0.4, -0.2) is 15.0 Å². The molecule has 0 fully saturated rings. The van der Waals surface area contributed by atoms with Crippen LogP contribution in [0.15, 0.2) is 492 Å². The molecule has 0 amide bonds. The van der Waals surface area contributed by atoms with Crippen LogP contribution in [0, 0.1) is 0 Å². The van der Waals surface area contributed by atoms with Gasteiger partial charge in [0.2, 0.25) is 17.7 Å². The van der Waals surface area contributed by atoms with Gasteiger partial charge in [-0.2, -0.15) is 0 Å². The summed E-state index contributed by atoms with van der Waals surface area (Å²) in [6, 6.07) is 172. The fourth-order valence-electron chi connectivity index (χ4n) is 22.1. The van der Waals surface area contributed by atoms with E-state index in [9.17, 15) is 0 Å². The zero-order chi connectivity index (χ0) is 91.3. The smallest absolute Gasteiger partial charge is 0.227 e. The molecule has 29 aromatic rings. The van der Waals surface area contributed by atoms with Crippen molar-refractivity contribution in [1.29, 1.82) is 0 Å². The zero-order valence-corrected chi connectivity index (χ0v) is 75.2. The average Bonchev–Trinajstić information content (AvgIpc) is 1.72. The molecule has 0 saturated heterocycles. The summed E-state index contributed by atoms with van der Waals surface area (Å²) in [5, 5.41) is 31.7. The standard InChI is InChI=1S/2C45H27NO.C43H25NO/c1-2-10-31(11-3-1)45-46-41-24-23-30-20-17-29-18-21-33(26-40(29)43(30)44(41)47-45)32-12-8-13-34(25-32)39-27-35-22-19-28-9-4-5-14-36(28)42(35)38-16-7-6-15-37(38)39;1-2-10-31(11-3-1)45-46-42-24-22-30-19-17-29-18-20-33(26-40(29)43(30)44(42)47-45)32-12-8-13-34(25-32)39-27-41-35-14-5-4-9-28(35)21-23-38(41)36-15-6-7-16-37(36)39;1-2-8-28(9-3-1)43-44-39-23-20-27-18-16-26-17-19-30(25-38(26)40(27)42(39)45-43)29-10-6-11-31(24-29)32-21-22-37-34-13-5-4-12-33(34)36-15-7-14-35(32)41(36)37/h2*1-27H;1-25H. The third-order valence-electron chi connectivity index (χ3n) is 28.7. The Labute approximate surface area is 798 Å². The number of oxazole rings is 3. The normalized spacial score (nSPS) is 11.9. The predicted octanol–water partition coefficient (Wildman–Crippen LogP) is 37.1. The quantitative estimate of drug-likeness (QED) is 0.134. The first-order valence-corrected chi connectivity index (χ1v) is 47.5. The van der Waals surface area contributed by atoms with Crippen LogP contribution in [0.3, 0.4) is 0 Å². The monoisotopic (exact) mass is 1770 g/mol. The predicted molar refractivity (Wildman–Crippen MR) is 583 cm³/mol. The SMILES string of the molecule is c1ccc(-c2nc3ccc4ccc5ccc(-c6cccc(-c7cc8c9ccccc9ccc8c8ccccc78)c6)cc5c4c3o2)cc1.c1ccc(-c2nc3ccc4ccc5ccc(-c6cccc(-c7cc8ccc9ccccc9c8c8ccccc78)c6)cc5c4c3o2)cc1.c1ccc(-c2nc3ccc4ccc5ccc(-c6cccc(-c7ccc8c9c(cccc79)-c7ccccc7-8)c6)cc5c4c3o2)cc1. The molecule has 1 aliphatic rings. The van der Waals surface area contributed by atoms with E-state index in [2.05, 4.69) is 388 Å². The lowest BCUT2D eigenvalue weighted by atomic mass is 9.89. The Bertz CT molecular complexity index is 10100. The molecule has 0 spiro atoms. The van der Waals surface area contributed by atoms with Gasteiger partial charge in [-0.05, 0) is 316 Å². The number of aromatic nitrogens is 3. The molecule has 1 aliphatic carbocycles. The minimum Gasteiger partial charge on any atom is -0.435 e. The van der Waals surface area contributed by atoms with E-state index in [-0.39, 0.29) is 0 Å². The maximum Gasteiger partial charge on any atom is 0.227 e. The zero-order valence-electron chi connectivity index (χ0n) is 75.2. The Morgan fingerprint density at radius 2 is 0.424 bits per heavy atom. The molecule has 26 aromatic carbocycles. The first-order chi connectivity index (χ1) is 68.9. The third-order valence-corrected chi connectivity index (χ3v) is 28.7.